The molecule has 1 N–H and O–H groups in total. The molecule has 2 fully saturated rings. The Morgan fingerprint density at radius 1 is 1.22 bits per heavy atom. The summed E-state index contributed by atoms with van der Waals surface area (Å²) in [6, 6.07) is 4.44. The van der Waals surface area contributed by atoms with E-state index < -0.39 is 0 Å². The predicted octanol–water partition coefficient (Wildman–Crippen LogP) is 3.85. The van der Waals surface area contributed by atoms with E-state index in [-0.39, 0.29) is 5.79 Å². The van der Waals surface area contributed by atoms with Gasteiger partial charge in [-0.1, -0.05) is 12.6 Å². The quantitative estimate of drug-likeness (QED) is 0.915. The summed E-state index contributed by atoms with van der Waals surface area (Å²) in [7, 11) is 0. The van der Waals surface area contributed by atoms with Gasteiger partial charge in [-0.15, -0.1) is 0 Å². The van der Waals surface area contributed by atoms with Gasteiger partial charge < -0.3 is 19.4 Å². The van der Waals surface area contributed by atoms with Crippen molar-refractivity contribution in [3.8, 4) is 0 Å². The Hall–Kier alpha value is -1.78. The van der Waals surface area contributed by atoms with Gasteiger partial charge in [-0.3, -0.25) is 0 Å². The number of benzene rings is 1. The maximum Gasteiger partial charge on any atom is 0.171 e. The summed E-state index contributed by atoms with van der Waals surface area (Å²) in [5, 5.41) is 1.30. The number of piperidine rings is 1. The highest BCUT2D eigenvalue weighted by molar-refractivity contribution is 6.01. The van der Waals surface area contributed by atoms with E-state index in [0.717, 1.165) is 44.7 Å². The van der Waals surface area contributed by atoms with Crippen molar-refractivity contribution in [2.45, 2.75) is 32.5 Å². The Morgan fingerprint density at radius 3 is 2.57 bits per heavy atom. The van der Waals surface area contributed by atoms with Crippen LogP contribution in [0.3, 0.4) is 0 Å². The first kappa shape index (κ1) is 14.8. The summed E-state index contributed by atoms with van der Waals surface area (Å²) in [5.74, 6) is -0.321. The molecule has 2 aromatic rings. The minimum absolute atomic E-state index is 0.321. The summed E-state index contributed by atoms with van der Waals surface area (Å²) < 4.78 is 11.7. The molecule has 0 atom stereocenters. The molecule has 4 heteroatoms. The second-order valence-corrected chi connectivity index (χ2v) is 6.73. The normalized spacial score (nSPS) is 20.5. The van der Waals surface area contributed by atoms with E-state index in [9.17, 15) is 0 Å². The fourth-order valence-electron chi connectivity index (χ4n) is 3.88. The average Bonchev–Trinajstić information content (AvgIpc) is 3.17. The largest absolute Gasteiger partial charge is 0.369 e. The minimum Gasteiger partial charge on any atom is -0.369 e. The van der Waals surface area contributed by atoms with Gasteiger partial charge >= 0.3 is 0 Å². The molecule has 0 unspecified atom stereocenters. The summed E-state index contributed by atoms with van der Waals surface area (Å²) in [4.78, 5) is 5.91. The number of rotatable bonds is 2. The first-order chi connectivity index (χ1) is 11.1. The lowest BCUT2D eigenvalue weighted by Gasteiger charge is -2.39. The lowest BCUT2D eigenvalue weighted by atomic mass is 9.99. The van der Waals surface area contributed by atoms with Gasteiger partial charge in [-0.25, -0.2) is 0 Å². The number of fused-ring (bicyclic) bond motifs is 1. The molecule has 122 valence electrons. The topological polar surface area (TPSA) is 37.5 Å². The van der Waals surface area contributed by atoms with Crippen LogP contribution in [0.5, 0.6) is 0 Å². The number of hydrogen-bond donors (Lipinski definition) is 1. The van der Waals surface area contributed by atoms with Crippen LogP contribution in [0.15, 0.2) is 24.9 Å². The molecule has 23 heavy (non-hydrogen) atoms. The SMILES string of the molecule is C=C(C)c1c[nH]c2c(N3CCC4(CC3)OCCO4)ccc(C)c12. The molecule has 0 aliphatic carbocycles. The lowest BCUT2D eigenvalue weighted by molar-refractivity contribution is -0.169. The Bertz CT molecular complexity index is 746. The molecule has 1 aromatic carbocycles. The van der Waals surface area contributed by atoms with Crippen molar-refractivity contribution in [1.29, 1.82) is 0 Å². The fraction of sp³-hybridized carbons (Fsp3) is 0.474. The molecule has 0 radical (unpaired) electrons. The summed E-state index contributed by atoms with van der Waals surface area (Å²) in [6.07, 6.45) is 3.94. The van der Waals surface area contributed by atoms with Crippen LogP contribution < -0.4 is 4.90 Å². The van der Waals surface area contributed by atoms with Gasteiger partial charge in [0.1, 0.15) is 0 Å². The lowest BCUT2D eigenvalue weighted by Crippen LogP contribution is -2.45. The molecular weight excluding hydrogens is 288 g/mol. The first-order valence-electron chi connectivity index (χ1n) is 8.39. The molecule has 0 amide bonds. The molecule has 4 rings (SSSR count). The molecule has 2 aliphatic rings. The molecule has 1 spiro atoms. The number of nitrogens with one attached hydrogen (secondary N) is 1. The second kappa shape index (κ2) is 5.39. The highest BCUT2D eigenvalue weighted by Crippen LogP contribution is 2.37. The number of aromatic nitrogens is 1. The van der Waals surface area contributed by atoms with E-state index in [1.165, 1.54) is 27.7 Å². The van der Waals surface area contributed by atoms with Gasteiger partial charge in [0.15, 0.2) is 5.79 Å². The van der Waals surface area contributed by atoms with Crippen molar-refractivity contribution in [2.75, 3.05) is 31.2 Å². The van der Waals surface area contributed by atoms with Crippen LogP contribution in [0.4, 0.5) is 5.69 Å². The Labute approximate surface area is 137 Å². The van der Waals surface area contributed by atoms with Crippen molar-refractivity contribution >= 4 is 22.2 Å². The third-order valence-corrected chi connectivity index (χ3v) is 5.16. The van der Waals surface area contributed by atoms with Crippen LogP contribution in [0, 0.1) is 6.92 Å². The minimum atomic E-state index is -0.321. The van der Waals surface area contributed by atoms with E-state index in [4.69, 9.17) is 9.47 Å². The molecule has 0 bridgehead atoms. The third-order valence-electron chi connectivity index (χ3n) is 5.16. The Balaban J connectivity index is 1.67. The molecule has 0 saturated carbocycles. The van der Waals surface area contributed by atoms with Gasteiger partial charge in [-0.05, 0) is 31.1 Å². The smallest absolute Gasteiger partial charge is 0.171 e. The Kier molecular flexibility index (Phi) is 3.47. The van der Waals surface area contributed by atoms with Crippen molar-refractivity contribution in [2.24, 2.45) is 0 Å². The standard InChI is InChI=1S/C19H24N2O2/c1-13(2)15-12-20-18-16(5-4-14(3)17(15)18)21-8-6-19(7-9-21)22-10-11-23-19/h4-5,12,20H,1,6-11H2,2-3H3. The van der Waals surface area contributed by atoms with Crippen LogP contribution in [0.25, 0.3) is 16.5 Å². The zero-order valence-electron chi connectivity index (χ0n) is 13.9. The van der Waals surface area contributed by atoms with Crippen LogP contribution in [-0.2, 0) is 9.47 Å². The number of aryl methyl sites for hydroxylation is 1. The van der Waals surface area contributed by atoms with E-state index >= 15 is 0 Å². The number of nitrogens with zero attached hydrogens (tertiary/aromatic N) is 1. The zero-order valence-corrected chi connectivity index (χ0v) is 13.9. The van der Waals surface area contributed by atoms with E-state index in [1.807, 2.05) is 0 Å². The number of H-pyrrole nitrogens is 1. The molecule has 2 saturated heterocycles. The average molecular weight is 312 g/mol. The monoisotopic (exact) mass is 312 g/mol. The maximum absolute atomic E-state index is 5.84. The highest BCUT2D eigenvalue weighted by Gasteiger charge is 2.40. The van der Waals surface area contributed by atoms with Crippen LogP contribution in [0.2, 0.25) is 0 Å². The van der Waals surface area contributed by atoms with Crippen LogP contribution >= 0.6 is 0 Å². The number of anilines is 1. The number of aromatic amines is 1. The Morgan fingerprint density at radius 2 is 1.91 bits per heavy atom. The highest BCUT2D eigenvalue weighted by atomic mass is 16.7. The summed E-state index contributed by atoms with van der Waals surface area (Å²) in [6.45, 7) is 11.7. The van der Waals surface area contributed by atoms with Gasteiger partial charge in [0.05, 0.1) is 24.4 Å². The van der Waals surface area contributed by atoms with E-state index in [1.54, 1.807) is 0 Å². The number of ether oxygens (including phenoxy) is 2. The fourth-order valence-corrected chi connectivity index (χ4v) is 3.88. The van der Waals surface area contributed by atoms with Crippen molar-refractivity contribution in [1.82, 2.24) is 4.98 Å². The second-order valence-electron chi connectivity index (χ2n) is 6.73. The van der Waals surface area contributed by atoms with Gasteiger partial charge in [0, 0.05) is 43.1 Å². The summed E-state index contributed by atoms with van der Waals surface area (Å²) >= 11 is 0. The number of allylic oxidation sites excluding steroid dienone is 1. The van der Waals surface area contributed by atoms with Gasteiger partial charge in [0.25, 0.3) is 0 Å². The van der Waals surface area contributed by atoms with E-state index in [2.05, 4.69) is 48.6 Å². The molecule has 1 aromatic heterocycles. The van der Waals surface area contributed by atoms with Crippen molar-refractivity contribution in [3.05, 3.63) is 36.0 Å². The molecular formula is C19H24N2O2. The van der Waals surface area contributed by atoms with Crippen molar-refractivity contribution in [3.63, 3.8) is 0 Å². The summed E-state index contributed by atoms with van der Waals surface area (Å²) in [5.41, 5.74) is 6.09. The van der Waals surface area contributed by atoms with Gasteiger partial charge in [-0.2, -0.15) is 0 Å². The first-order valence-corrected chi connectivity index (χ1v) is 8.39. The molecule has 2 aliphatic heterocycles. The molecule has 4 nitrogen and oxygen atoms in total. The number of hydrogen-bond acceptors (Lipinski definition) is 3. The zero-order chi connectivity index (χ0) is 16.0. The molecule has 3 heterocycles. The van der Waals surface area contributed by atoms with Crippen molar-refractivity contribution < 1.29 is 9.47 Å². The van der Waals surface area contributed by atoms with Crippen LogP contribution in [-0.4, -0.2) is 37.1 Å². The maximum atomic E-state index is 5.84. The van der Waals surface area contributed by atoms with Gasteiger partial charge in [0.2, 0.25) is 0 Å². The predicted molar refractivity (Wildman–Crippen MR) is 93.8 cm³/mol. The van der Waals surface area contributed by atoms with E-state index in [0.29, 0.717) is 0 Å². The van der Waals surface area contributed by atoms with Crippen LogP contribution in [0.1, 0.15) is 30.9 Å². The third kappa shape index (κ3) is 2.37.